The zero-order valence-electron chi connectivity index (χ0n) is 27.8. The molecule has 2 amide bonds. The summed E-state index contributed by atoms with van der Waals surface area (Å²) in [4.78, 5) is 29.1. The molecule has 8 nitrogen and oxygen atoms in total. The first-order valence-corrected chi connectivity index (χ1v) is 18.1. The van der Waals surface area contributed by atoms with E-state index in [1.807, 2.05) is 4.90 Å². The molecule has 11 atom stereocenters. The average molecular weight is 613 g/mol. The lowest BCUT2D eigenvalue weighted by Gasteiger charge is -2.59. The normalized spacial score (nSPS) is 47.6. The molecule has 3 heterocycles. The topological polar surface area (TPSA) is 88.5 Å². The van der Waals surface area contributed by atoms with E-state index in [4.69, 9.17) is 14.2 Å². The predicted molar refractivity (Wildman–Crippen MR) is 165 cm³/mol. The van der Waals surface area contributed by atoms with Gasteiger partial charge < -0.3 is 29.1 Å². The lowest BCUT2D eigenvalue weighted by molar-refractivity contribution is -0.152. The first-order chi connectivity index (χ1) is 20.9. The largest absolute Gasteiger partial charge is 0.446 e. The molecule has 8 aliphatic rings. The van der Waals surface area contributed by atoms with Crippen LogP contribution in [0.2, 0.25) is 0 Å². The maximum absolute atomic E-state index is 12.8. The van der Waals surface area contributed by atoms with Crippen LogP contribution in [-0.2, 0) is 14.2 Å². The highest BCUT2D eigenvalue weighted by atomic mass is 16.6. The fourth-order valence-electron chi connectivity index (χ4n) is 12.8. The Labute approximate surface area is 263 Å². The predicted octanol–water partition coefficient (Wildman–Crippen LogP) is 6.24. The van der Waals surface area contributed by atoms with Gasteiger partial charge in [0, 0.05) is 18.5 Å². The van der Waals surface area contributed by atoms with Crippen molar-refractivity contribution in [3.05, 3.63) is 0 Å². The van der Waals surface area contributed by atoms with Crippen LogP contribution in [0.4, 0.5) is 9.59 Å². The number of nitrogens with zero attached hydrogens (tertiary/aromatic N) is 2. The van der Waals surface area contributed by atoms with Gasteiger partial charge in [-0.2, -0.15) is 0 Å². The second kappa shape index (κ2) is 9.98. The lowest BCUT2D eigenvalue weighted by atomic mass is 9.46. The molecule has 0 aromatic rings. The number of aliphatic hydroxyl groups is 1. The van der Waals surface area contributed by atoms with Crippen molar-refractivity contribution >= 4 is 12.2 Å². The molecule has 246 valence electrons. The molecule has 3 aliphatic heterocycles. The van der Waals surface area contributed by atoms with E-state index in [0.717, 1.165) is 38.3 Å². The van der Waals surface area contributed by atoms with Gasteiger partial charge in [-0.15, -0.1) is 0 Å². The summed E-state index contributed by atoms with van der Waals surface area (Å²) in [6, 6.07) is 0. The Morgan fingerprint density at radius 2 is 1.61 bits per heavy atom. The van der Waals surface area contributed by atoms with E-state index in [1.165, 1.54) is 51.4 Å². The summed E-state index contributed by atoms with van der Waals surface area (Å²) >= 11 is 0. The SMILES string of the molecule is CC(C)C(OC(=O)N1CCC1)C1CCC2C(CC3C4CCC5C(C)(C)C(OC(=O)N6CC(O)C6)CCC56CC46CCC23C)O1. The molecule has 0 radical (unpaired) electrons. The Hall–Kier alpha value is -1.54. The molecular formula is C36H56N2O6. The Bertz CT molecular complexity index is 1180. The van der Waals surface area contributed by atoms with Crippen LogP contribution in [0.5, 0.6) is 0 Å². The van der Waals surface area contributed by atoms with E-state index >= 15 is 0 Å². The van der Waals surface area contributed by atoms with Crippen molar-refractivity contribution in [3.8, 4) is 0 Å². The van der Waals surface area contributed by atoms with Gasteiger partial charge in [-0.25, -0.2) is 9.59 Å². The van der Waals surface area contributed by atoms with Gasteiger partial charge in [0.05, 0.1) is 31.4 Å². The highest BCUT2D eigenvalue weighted by Crippen LogP contribution is 2.87. The van der Waals surface area contributed by atoms with Crippen molar-refractivity contribution in [2.75, 3.05) is 26.2 Å². The van der Waals surface area contributed by atoms with Crippen LogP contribution >= 0.6 is 0 Å². The molecule has 0 aromatic heterocycles. The van der Waals surface area contributed by atoms with Gasteiger partial charge in [-0.05, 0) is 116 Å². The van der Waals surface area contributed by atoms with Crippen molar-refractivity contribution in [1.29, 1.82) is 0 Å². The van der Waals surface area contributed by atoms with Crippen molar-refractivity contribution in [2.45, 2.75) is 136 Å². The highest BCUT2D eigenvalue weighted by Gasteiger charge is 2.81. The van der Waals surface area contributed by atoms with Crippen LogP contribution in [0.15, 0.2) is 0 Å². The van der Waals surface area contributed by atoms with Gasteiger partial charge >= 0.3 is 12.2 Å². The third-order valence-electron chi connectivity index (χ3n) is 15.3. The maximum atomic E-state index is 12.8. The second-order valence-electron chi connectivity index (χ2n) is 17.7. The number of hydrogen-bond donors (Lipinski definition) is 1. The number of amides is 2. The minimum Gasteiger partial charge on any atom is -0.446 e. The summed E-state index contributed by atoms with van der Waals surface area (Å²) in [5, 5.41) is 9.67. The fraction of sp³-hybridized carbons (Fsp3) is 0.944. The third kappa shape index (κ3) is 4.07. The van der Waals surface area contributed by atoms with Crippen LogP contribution in [0.3, 0.4) is 0 Å². The molecule has 1 N–H and O–H groups in total. The van der Waals surface area contributed by atoms with Gasteiger partial charge in [-0.3, -0.25) is 0 Å². The van der Waals surface area contributed by atoms with E-state index in [0.29, 0.717) is 47.1 Å². The second-order valence-corrected chi connectivity index (χ2v) is 17.7. The van der Waals surface area contributed by atoms with Gasteiger partial charge in [0.25, 0.3) is 0 Å². The molecule has 5 saturated carbocycles. The van der Waals surface area contributed by atoms with Crippen LogP contribution in [0.25, 0.3) is 0 Å². The smallest absolute Gasteiger partial charge is 0.410 e. The quantitative estimate of drug-likeness (QED) is 0.404. The van der Waals surface area contributed by atoms with Crippen LogP contribution in [0.1, 0.15) is 105 Å². The minimum absolute atomic E-state index is 0.000469. The summed E-state index contributed by atoms with van der Waals surface area (Å²) in [5.41, 5.74) is 1.16. The van der Waals surface area contributed by atoms with Crippen molar-refractivity contribution in [1.82, 2.24) is 9.80 Å². The summed E-state index contributed by atoms with van der Waals surface area (Å²) in [6.45, 7) is 14.1. The Balaban J connectivity index is 0.966. The van der Waals surface area contributed by atoms with Gasteiger partial charge in [0.1, 0.15) is 12.2 Å². The molecule has 8 rings (SSSR count). The van der Waals surface area contributed by atoms with Gasteiger partial charge in [0.15, 0.2) is 0 Å². The molecule has 44 heavy (non-hydrogen) atoms. The van der Waals surface area contributed by atoms with Crippen LogP contribution in [0, 0.1) is 51.2 Å². The minimum atomic E-state index is -0.399. The standard InChI is InChI=1S/C36H56N2O6/c1-21(2)30(44-31(40)37-15-6-16-37)26-9-7-24-27(42-26)17-25-23-8-10-28-33(3,4)29(43-32(41)38-18-22(39)19-38)11-12-36(28)20-35(23,36)14-13-34(24,25)5/h21-30,39H,6-20H2,1-5H3. The van der Waals surface area contributed by atoms with Gasteiger partial charge in [0.2, 0.25) is 0 Å². The van der Waals surface area contributed by atoms with Gasteiger partial charge in [-0.1, -0.05) is 34.6 Å². The Morgan fingerprint density at radius 1 is 0.864 bits per heavy atom. The molecule has 0 aromatic carbocycles. The number of rotatable bonds is 4. The maximum Gasteiger partial charge on any atom is 0.410 e. The number of β-amino-alcohol motifs (C(OH)–C–C–N with tert-alkyl or cyclic N) is 1. The number of fused-ring (bicyclic) bond motifs is 4. The Morgan fingerprint density at radius 3 is 2.30 bits per heavy atom. The summed E-state index contributed by atoms with van der Waals surface area (Å²) in [7, 11) is 0. The van der Waals surface area contributed by atoms with Crippen LogP contribution < -0.4 is 0 Å². The summed E-state index contributed by atoms with van der Waals surface area (Å²) in [5.74, 6) is 2.93. The van der Waals surface area contributed by atoms with Crippen molar-refractivity contribution in [3.63, 3.8) is 0 Å². The number of carbonyl (C=O) groups excluding carboxylic acids is 2. The van der Waals surface area contributed by atoms with Crippen molar-refractivity contribution in [2.24, 2.45) is 51.2 Å². The number of hydrogen-bond acceptors (Lipinski definition) is 6. The molecule has 0 bridgehead atoms. The number of carbonyl (C=O) groups is 2. The number of aliphatic hydroxyl groups excluding tert-OH is 1. The van der Waals surface area contributed by atoms with E-state index < -0.39 is 6.10 Å². The molecule has 3 saturated heterocycles. The fourth-order valence-corrected chi connectivity index (χ4v) is 12.8. The highest BCUT2D eigenvalue weighted by molar-refractivity contribution is 5.69. The number of ether oxygens (including phenoxy) is 3. The molecule has 11 unspecified atom stereocenters. The molecule has 8 fully saturated rings. The first kappa shape index (κ1) is 29.8. The van der Waals surface area contributed by atoms with E-state index in [2.05, 4.69) is 34.6 Å². The number of likely N-dealkylation sites (tertiary alicyclic amines) is 2. The molecule has 2 spiro atoms. The molecular weight excluding hydrogens is 556 g/mol. The van der Waals surface area contributed by atoms with E-state index in [1.54, 1.807) is 4.90 Å². The third-order valence-corrected chi connectivity index (χ3v) is 15.3. The van der Waals surface area contributed by atoms with Crippen LogP contribution in [-0.4, -0.2) is 83.8 Å². The van der Waals surface area contributed by atoms with Crippen molar-refractivity contribution < 1.29 is 28.9 Å². The monoisotopic (exact) mass is 612 g/mol. The molecule has 8 heteroatoms. The average Bonchev–Trinajstić information content (AvgIpc) is 3.50. The summed E-state index contributed by atoms with van der Waals surface area (Å²) in [6.07, 6.45) is 12.4. The zero-order valence-corrected chi connectivity index (χ0v) is 27.8. The summed E-state index contributed by atoms with van der Waals surface area (Å²) < 4.78 is 19.3. The first-order valence-electron chi connectivity index (χ1n) is 18.1. The lowest BCUT2D eigenvalue weighted by Crippen LogP contribution is -2.57. The molecule has 5 aliphatic carbocycles. The van der Waals surface area contributed by atoms with E-state index in [9.17, 15) is 14.7 Å². The zero-order chi connectivity index (χ0) is 30.8. The van der Waals surface area contributed by atoms with E-state index in [-0.39, 0.29) is 47.9 Å². The Kier molecular flexibility index (Phi) is 6.77.